The normalized spacial score (nSPS) is 18.5. The lowest BCUT2D eigenvalue weighted by molar-refractivity contribution is -0.120. The number of nitrogens with zero attached hydrogens (tertiary/aromatic N) is 1. The zero-order valence-electron chi connectivity index (χ0n) is 10.7. The minimum Gasteiger partial charge on any atom is -0.379 e. The number of carbonyl (C=O) groups excluding carboxylic acids is 1. The molecule has 0 bridgehead atoms. The highest BCUT2D eigenvalue weighted by Crippen LogP contribution is 2.09. The van der Waals surface area contributed by atoms with Crippen molar-refractivity contribution in [1.82, 2.24) is 10.2 Å². The van der Waals surface area contributed by atoms with Crippen molar-refractivity contribution in [3.8, 4) is 0 Å². The lowest BCUT2D eigenvalue weighted by Crippen LogP contribution is -2.47. The number of thiophene rings is 1. The second-order valence-corrected chi connectivity index (χ2v) is 5.59. The van der Waals surface area contributed by atoms with E-state index in [9.17, 15) is 4.79 Å². The number of hydrogen-bond donors (Lipinski definition) is 1. The zero-order chi connectivity index (χ0) is 12.8. The molecule has 1 aliphatic rings. The third-order valence-electron chi connectivity index (χ3n) is 3.18. The van der Waals surface area contributed by atoms with Crippen LogP contribution >= 0.6 is 11.3 Å². The van der Waals surface area contributed by atoms with E-state index < -0.39 is 0 Å². The van der Waals surface area contributed by atoms with E-state index in [2.05, 4.69) is 17.1 Å². The Kier molecular flexibility index (Phi) is 5.16. The highest BCUT2D eigenvalue weighted by atomic mass is 32.1. The highest BCUT2D eigenvalue weighted by Gasteiger charge is 2.17. The molecule has 1 aromatic heterocycles. The first kappa shape index (κ1) is 13.5. The molecule has 5 heteroatoms. The molecule has 1 atom stereocenters. The summed E-state index contributed by atoms with van der Waals surface area (Å²) >= 11 is 1.63. The molecule has 0 unspecified atom stereocenters. The maximum atomic E-state index is 11.7. The monoisotopic (exact) mass is 268 g/mol. The van der Waals surface area contributed by atoms with Crippen molar-refractivity contribution in [2.45, 2.75) is 19.4 Å². The number of ether oxygens (including phenoxy) is 1. The number of hydrogen-bond acceptors (Lipinski definition) is 4. The number of rotatable bonds is 5. The molecular formula is C13H20N2O2S. The standard InChI is InChI=1S/C13H20N2O2S/c1-11(15-4-6-17-7-5-15)10-14-13(16)9-12-3-2-8-18-12/h2-3,8,11H,4-7,9-10H2,1H3,(H,14,16)/t11-/m1/s1. The van der Waals surface area contributed by atoms with E-state index in [4.69, 9.17) is 4.74 Å². The van der Waals surface area contributed by atoms with Crippen molar-refractivity contribution in [3.63, 3.8) is 0 Å². The SMILES string of the molecule is C[C@H](CNC(=O)Cc1cccs1)N1CCOCC1. The Bertz CT molecular complexity index is 361. The van der Waals surface area contributed by atoms with E-state index in [1.807, 2.05) is 17.5 Å². The van der Waals surface area contributed by atoms with Crippen LogP contribution in [0.1, 0.15) is 11.8 Å². The van der Waals surface area contributed by atoms with Crippen LogP contribution < -0.4 is 5.32 Å². The Balaban J connectivity index is 1.68. The van der Waals surface area contributed by atoms with E-state index in [-0.39, 0.29) is 5.91 Å². The largest absolute Gasteiger partial charge is 0.379 e. The predicted molar refractivity (Wildman–Crippen MR) is 72.9 cm³/mol. The quantitative estimate of drug-likeness (QED) is 0.870. The first-order valence-electron chi connectivity index (χ1n) is 6.36. The van der Waals surface area contributed by atoms with E-state index in [1.165, 1.54) is 0 Å². The molecule has 1 N–H and O–H groups in total. The summed E-state index contributed by atoms with van der Waals surface area (Å²) in [5.74, 6) is 0.109. The molecule has 0 aromatic carbocycles. The fourth-order valence-corrected chi connectivity index (χ4v) is 2.75. The summed E-state index contributed by atoms with van der Waals surface area (Å²) in [4.78, 5) is 15.2. The maximum Gasteiger partial charge on any atom is 0.225 e. The van der Waals surface area contributed by atoms with Crippen LogP contribution in [0.2, 0.25) is 0 Å². The third kappa shape index (κ3) is 4.08. The highest BCUT2D eigenvalue weighted by molar-refractivity contribution is 7.10. The molecule has 0 radical (unpaired) electrons. The number of morpholine rings is 1. The van der Waals surface area contributed by atoms with Crippen molar-refractivity contribution in [2.24, 2.45) is 0 Å². The van der Waals surface area contributed by atoms with Crippen LogP contribution in [-0.2, 0) is 16.0 Å². The molecule has 0 spiro atoms. The Labute approximate surface area is 112 Å². The molecule has 100 valence electrons. The molecule has 1 amide bonds. The molecule has 2 rings (SSSR count). The molecule has 1 aliphatic heterocycles. The van der Waals surface area contributed by atoms with Gasteiger partial charge in [0.15, 0.2) is 0 Å². The smallest absolute Gasteiger partial charge is 0.225 e. The third-order valence-corrected chi connectivity index (χ3v) is 4.05. The number of nitrogens with one attached hydrogen (secondary N) is 1. The molecule has 1 fully saturated rings. The van der Waals surface area contributed by atoms with Gasteiger partial charge in [0.1, 0.15) is 0 Å². The molecular weight excluding hydrogens is 248 g/mol. The molecule has 1 saturated heterocycles. The molecule has 0 saturated carbocycles. The van der Waals surface area contributed by atoms with Gasteiger partial charge in [0.2, 0.25) is 5.91 Å². The Morgan fingerprint density at radius 1 is 1.56 bits per heavy atom. The van der Waals surface area contributed by atoms with E-state index in [0.29, 0.717) is 19.0 Å². The molecule has 4 nitrogen and oxygen atoms in total. The topological polar surface area (TPSA) is 41.6 Å². The summed E-state index contributed by atoms with van der Waals surface area (Å²) in [5, 5.41) is 5.00. The minimum atomic E-state index is 0.109. The lowest BCUT2D eigenvalue weighted by Gasteiger charge is -2.32. The number of carbonyl (C=O) groups is 1. The van der Waals surface area contributed by atoms with Gasteiger partial charge in [-0.3, -0.25) is 9.69 Å². The molecule has 1 aromatic rings. The van der Waals surface area contributed by atoms with E-state index >= 15 is 0 Å². The van der Waals surface area contributed by atoms with Gasteiger partial charge in [-0.15, -0.1) is 11.3 Å². The summed E-state index contributed by atoms with van der Waals surface area (Å²) in [5.41, 5.74) is 0. The maximum absolute atomic E-state index is 11.7. The second-order valence-electron chi connectivity index (χ2n) is 4.56. The Morgan fingerprint density at radius 2 is 2.33 bits per heavy atom. The second kappa shape index (κ2) is 6.87. The lowest BCUT2D eigenvalue weighted by atomic mass is 10.2. The fourth-order valence-electron chi connectivity index (χ4n) is 2.04. The van der Waals surface area contributed by atoms with Gasteiger partial charge in [0, 0.05) is 30.6 Å². The van der Waals surface area contributed by atoms with E-state index in [1.54, 1.807) is 11.3 Å². The summed E-state index contributed by atoms with van der Waals surface area (Å²) < 4.78 is 5.32. The van der Waals surface area contributed by atoms with Gasteiger partial charge < -0.3 is 10.1 Å². The number of amides is 1. The van der Waals surface area contributed by atoms with Gasteiger partial charge in [-0.1, -0.05) is 6.07 Å². The van der Waals surface area contributed by atoms with Gasteiger partial charge in [-0.2, -0.15) is 0 Å². The van der Waals surface area contributed by atoms with Gasteiger partial charge in [0.05, 0.1) is 19.6 Å². The van der Waals surface area contributed by atoms with Gasteiger partial charge in [-0.05, 0) is 18.4 Å². The van der Waals surface area contributed by atoms with Crippen molar-refractivity contribution >= 4 is 17.2 Å². The van der Waals surface area contributed by atoms with Crippen LogP contribution in [-0.4, -0.2) is 49.7 Å². The Hall–Kier alpha value is -0.910. The van der Waals surface area contributed by atoms with Crippen LogP contribution in [0.5, 0.6) is 0 Å². The van der Waals surface area contributed by atoms with Crippen LogP contribution in [0.4, 0.5) is 0 Å². The average molecular weight is 268 g/mol. The first-order chi connectivity index (χ1) is 8.75. The van der Waals surface area contributed by atoms with Gasteiger partial charge >= 0.3 is 0 Å². The van der Waals surface area contributed by atoms with Crippen LogP contribution in [0.25, 0.3) is 0 Å². The van der Waals surface area contributed by atoms with Crippen LogP contribution in [0, 0.1) is 0 Å². The Morgan fingerprint density at radius 3 is 3.00 bits per heavy atom. The summed E-state index contributed by atoms with van der Waals surface area (Å²) in [6.07, 6.45) is 0.494. The summed E-state index contributed by atoms with van der Waals surface area (Å²) in [7, 11) is 0. The first-order valence-corrected chi connectivity index (χ1v) is 7.24. The van der Waals surface area contributed by atoms with Crippen LogP contribution in [0.15, 0.2) is 17.5 Å². The van der Waals surface area contributed by atoms with Gasteiger partial charge in [-0.25, -0.2) is 0 Å². The van der Waals surface area contributed by atoms with E-state index in [0.717, 1.165) is 31.2 Å². The minimum absolute atomic E-state index is 0.109. The van der Waals surface area contributed by atoms with Crippen molar-refractivity contribution < 1.29 is 9.53 Å². The fraction of sp³-hybridized carbons (Fsp3) is 0.615. The van der Waals surface area contributed by atoms with Gasteiger partial charge in [0.25, 0.3) is 0 Å². The summed E-state index contributed by atoms with van der Waals surface area (Å²) in [6.45, 7) is 6.38. The molecule has 0 aliphatic carbocycles. The van der Waals surface area contributed by atoms with Crippen molar-refractivity contribution in [2.75, 3.05) is 32.8 Å². The van der Waals surface area contributed by atoms with Crippen LogP contribution in [0.3, 0.4) is 0 Å². The van der Waals surface area contributed by atoms with Crippen molar-refractivity contribution in [3.05, 3.63) is 22.4 Å². The molecule has 18 heavy (non-hydrogen) atoms. The summed E-state index contributed by atoms with van der Waals surface area (Å²) in [6, 6.07) is 4.35. The zero-order valence-corrected chi connectivity index (χ0v) is 11.5. The molecule has 2 heterocycles. The predicted octanol–water partition coefficient (Wildman–Crippen LogP) is 1.13. The average Bonchev–Trinajstić information content (AvgIpc) is 2.90. The van der Waals surface area contributed by atoms with Crippen molar-refractivity contribution in [1.29, 1.82) is 0 Å².